The molecule has 1 N–H and O–H groups in total. The van der Waals surface area contributed by atoms with Gasteiger partial charge in [-0.05, 0) is 36.0 Å². The number of hydrogen-bond acceptors (Lipinski definition) is 2. The number of halogens is 1. The van der Waals surface area contributed by atoms with Crippen molar-refractivity contribution in [1.82, 2.24) is 5.32 Å². The van der Waals surface area contributed by atoms with Crippen molar-refractivity contribution in [3.05, 3.63) is 34.9 Å². The minimum Gasteiger partial charge on any atom is -0.381 e. The minimum atomic E-state index is 0.392. The second-order valence-corrected chi connectivity index (χ2v) is 5.85. The molecule has 18 heavy (non-hydrogen) atoms. The molecular formula is C15H22ClNO. The Hall–Kier alpha value is -0.570. The van der Waals surface area contributed by atoms with Crippen LogP contribution >= 0.6 is 11.6 Å². The van der Waals surface area contributed by atoms with E-state index in [2.05, 4.69) is 31.3 Å². The molecular weight excluding hydrogens is 246 g/mol. The summed E-state index contributed by atoms with van der Waals surface area (Å²) >= 11 is 5.94. The zero-order valence-corrected chi connectivity index (χ0v) is 11.9. The molecule has 1 aromatic rings. The van der Waals surface area contributed by atoms with Gasteiger partial charge >= 0.3 is 0 Å². The predicted octanol–water partition coefficient (Wildman–Crippen LogP) is 3.66. The van der Waals surface area contributed by atoms with Crippen LogP contribution in [0.3, 0.4) is 0 Å². The molecule has 1 aliphatic rings. The number of benzene rings is 1. The molecule has 2 rings (SSSR count). The smallest absolute Gasteiger partial charge is 0.0507 e. The quantitative estimate of drug-likeness (QED) is 0.879. The maximum Gasteiger partial charge on any atom is 0.0507 e. The van der Waals surface area contributed by atoms with Crippen LogP contribution in [0.4, 0.5) is 0 Å². The van der Waals surface area contributed by atoms with E-state index in [9.17, 15) is 0 Å². The van der Waals surface area contributed by atoms with Gasteiger partial charge in [0.1, 0.15) is 0 Å². The van der Waals surface area contributed by atoms with Crippen LogP contribution in [0.15, 0.2) is 24.3 Å². The molecule has 1 fully saturated rings. The van der Waals surface area contributed by atoms with Gasteiger partial charge in [-0.3, -0.25) is 0 Å². The third kappa shape index (κ3) is 3.71. The molecule has 0 aliphatic carbocycles. The van der Waals surface area contributed by atoms with E-state index < -0.39 is 0 Å². The van der Waals surface area contributed by atoms with E-state index in [0.717, 1.165) is 24.8 Å². The third-order valence-electron chi connectivity index (χ3n) is 3.55. The van der Waals surface area contributed by atoms with Gasteiger partial charge in [-0.15, -0.1) is 0 Å². The van der Waals surface area contributed by atoms with Crippen molar-refractivity contribution >= 4 is 11.6 Å². The molecule has 3 heteroatoms. The Morgan fingerprint density at radius 2 is 2.06 bits per heavy atom. The van der Waals surface area contributed by atoms with Crippen molar-refractivity contribution in [1.29, 1.82) is 0 Å². The lowest BCUT2D eigenvalue weighted by Crippen LogP contribution is -2.30. The standard InChI is InChI=1S/C15H22ClNO/c1-11(2)15(13-3-5-14(16)6-4-13)17-9-12-7-8-18-10-12/h3-6,11-12,15,17H,7-10H2,1-2H3. The Bertz CT molecular complexity index is 357. The average Bonchev–Trinajstić information content (AvgIpc) is 2.84. The monoisotopic (exact) mass is 267 g/mol. The van der Waals surface area contributed by atoms with Crippen molar-refractivity contribution in [3.63, 3.8) is 0 Å². The molecule has 2 unspecified atom stereocenters. The second-order valence-electron chi connectivity index (χ2n) is 5.41. The van der Waals surface area contributed by atoms with Gasteiger partial charge in [0.15, 0.2) is 0 Å². The van der Waals surface area contributed by atoms with Crippen molar-refractivity contribution in [2.45, 2.75) is 26.3 Å². The van der Waals surface area contributed by atoms with E-state index in [1.54, 1.807) is 0 Å². The van der Waals surface area contributed by atoms with Crippen LogP contribution in [0, 0.1) is 11.8 Å². The summed E-state index contributed by atoms with van der Waals surface area (Å²) in [5.74, 6) is 1.23. The Morgan fingerprint density at radius 3 is 2.61 bits per heavy atom. The minimum absolute atomic E-state index is 0.392. The van der Waals surface area contributed by atoms with Crippen molar-refractivity contribution < 1.29 is 4.74 Å². The largest absolute Gasteiger partial charge is 0.381 e. The summed E-state index contributed by atoms with van der Waals surface area (Å²) in [7, 11) is 0. The summed E-state index contributed by atoms with van der Waals surface area (Å²) in [5, 5.41) is 4.47. The summed E-state index contributed by atoms with van der Waals surface area (Å²) < 4.78 is 5.41. The molecule has 1 aromatic carbocycles. The fourth-order valence-electron chi connectivity index (χ4n) is 2.45. The van der Waals surface area contributed by atoms with E-state index in [1.807, 2.05) is 12.1 Å². The van der Waals surface area contributed by atoms with Gasteiger partial charge in [0.25, 0.3) is 0 Å². The molecule has 1 heterocycles. The van der Waals surface area contributed by atoms with Gasteiger partial charge in [-0.25, -0.2) is 0 Å². The number of nitrogens with one attached hydrogen (secondary N) is 1. The highest BCUT2D eigenvalue weighted by Crippen LogP contribution is 2.24. The first-order chi connectivity index (χ1) is 8.66. The molecule has 100 valence electrons. The Balaban J connectivity index is 1.96. The maximum atomic E-state index is 5.94. The molecule has 2 atom stereocenters. The molecule has 0 bridgehead atoms. The van der Waals surface area contributed by atoms with Gasteiger partial charge in [0.05, 0.1) is 6.61 Å². The highest BCUT2D eigenvalue weighted by Gasteiger charge is 2.20. The van der Waals surface area contributed by atoms with Crippen LogP contribution in [0.25, 0.3) is 0 Å². The van der Waals surface area contributed by atoms with E-state index >= 15 is 0 Å². The van der Waals surface area contributed by atoms with Crippen LogP contribution in [0.5, 0.6) is 0 Å². The maximum absolute atomic E-state index is 5.94. The Labute approximate surface area is 115 Å². The lowest BCUT2D eigenvalue weighted by atomic mass is 9.95. The van der Waals surface area contributed by atoms with Crippen LogP contribution in [-0.2, 0) is 4.74 Å². The summed E-state index contributed by atoms with van der Waals surface area (Å²) in [6.45, 7) is 7.35. The first-order valence-electron chi connectivity index (χ1n) is 6.73. The molecule has 1 saturated heterocycles. The first-order valence-corrected chi connectivity index (χ1v) is 7.11. The van der Waals surface area contributed by atoms with Crippen LogP contribution in [-0.4, -0.2) is 19.8 Å². The zero-order chi connectivity index (χ0) is 13.0. The molecule has 0 amide bonds. The topological polar surface area (TPSA) is 21.3 Å². The number of rotatable bonds is 5. The van der Waals surface area contributed by atoms with E-state index in [4.69, 9.17) is 16.3 Å². The van der Waals surface area contributed by atoms with Crippen molar-refractivity contribution in [3.8, 4) is 0 Å². The highest BCUT2D eigenvalue weighted by atomic mass is 35.5. The van der Waals surface area contributed by atoms with E-state index in [-0.39, 0.29) is 0 Å². The normalized spacial score (nSPS) is 21.4. The average molecular weight is 268 g/mol. The summed E-state index contributed by atoms with van der Waals surface area (Å²) in [4.78, 5) is 0. The van der Waals surface area contributed by atoms with E-state index in [0.29, 0.717) is 17.9 Å². The Morgan fingerprint density at radius 1 is 1.33 bits per heavy atom. The first kappa shape index (κ1) is 13.9. The van der Waals surface area contributed by atoms with Gasteiger partial charge in [0.2, 0.25) is 0 Å². The predicted molar refractivity (Wildman–Crippen MR) is 76.0 cm³/mol. The molecule has 0 aromatic heterocycles. The molecule has 0 radical (unpaired) electrons. The SMILES string of the molecule is CC(C)C(NCC1CCOC1)c1ccc(Cl)cc1. The van der Waals surface area contributed by atoms with Gasteiger partial charge in [-0.2, -0.15) is 0 Å². The summed E-state index contributed by atoms with van der Waals surface area (Å²) in [6.07, 6.45) is 1.18. The molecule has 1 aliphatic heterocycles. The van der Waals surface area contributed by atoms with Gasteiger partial charge in [-0.1, -0.05) is 37.6 Å². The lowest BCUT2D eigenvalue weighted by Gasteiger charge is -2.24. The highest BCUT2D eigenvalue weighted by molar-refractivity contribution is 6.30. The Kier molecular flexibility index (Phi) is 5.04. The molecule has 0 spiro atoms. The fourth-order valence-corrected chi connectivity index (χ4v) is 2.57. The molecule has 2 nitrogen and oxygen atoms in total. The van der Waals surface area contributed by atoms with Crippen molar-refractivity contribution in [2.75, 3.05) is 19.8 Å². The fraction of sp³-hybridized carbons (Fsp3) is 0.600. The van der Waals surface area contributed by atoms with E-state index in [1.165, 1.54) is 12.0 Å². The third-order valence-corrected chi connectivity index (χ3v) is 3.80. The lowest BCUT2D eigenvalue weighted by molar-refractivity contribution is 0.184. The summed E-state index contributed by atoms with van der Waals surface area (Å²) in [5.41, 5.74) is 1.31. The zero-order valence-electron chi connectivity index (χ0n) is 11.2. The number of hydrogen-bond donors (Lipinski definition) is 1. The second kappa shape index (κ2) is 6.55. The molecule has 0 saturated carbocycles. The van der Waals surface area contributed by atoms with Crippen LogP contribution in [0.2, 0.25) is 5.02 Å². The van der Waals surface area contributed by atoms with Crippen LogP contribution < -0.4 is 5.32 Å². The number of ether oxygens (including phenoxy) is 1. The van der Waals surface area contributed by atoms with Gasteiger partial charge in [0, 0.05) is 24.2 Å². The summed E-state index contributed by atoms with van der Waals surface area (Å²) in [6, 6.07) is 8.55. The van der Waals surface area contributed by atoms with Gasteiger partial charge < -0.3 is 10.1 Å². The van der Waals surface area contributed by atoms with Crippen molar-refractivity contribution in [2.24, 2.45) is 11.8 Å². The van der Waals surface area contributed by atoms with Crippen LogP contribution in [0.1, 0.15) is 31.9 Å².